The van der Waals surface area contributed by atoms with E-state index in [1.807, 2.05) is 0 Å². The zero-order chi connectivity index (χ0) is 13.6. The van der Waals surface area contributed by atoms with Gasteiger partial charge in [-0.15, -0.1) is 0 Å². The topological polar surface area (TPSA) is 35.5 Å². The summed E-state index contributed by atoms with van der Waals surface area (Å²) in [6.07, 6.45) is -1.22. The average Bonchev–Trinajstić information content (AvgIpc) is 2.78. The Labute approximate surface area is 102 Å². The van der Waals surface area contributed by atoms with E-state index in [4.69, 9.17) is 4.74 Å². The summed E-state index contributed by atoms with van der Waals surface area (Å²) in [4.78, 5) is 11.2. The second-order valence-electron chi connectivity index (χ2n) is 4.27. The molecule has 1 rings (SSSR count). The number of hydrogen-bond acceptors (Lipinski definition) is 3. The van der Waals surface area contributed by atoms with Crippen LogP contribution < -0.4 is 0 Å². The van der Waals surface area contributed by atoms with Crippen LogP contribution in [0.15, 0.2) is 0 Å². The molecular formula is C11H16F4O3. The summed E-state index contributed by atoms with van der Waals surface area (Å²) < 4.78 is 58.0. The standard InChI is InChI=1S/C11H16F4O3/c12-10(13)11(14,15)7-17-6-8(16)3-4-9-2-1-5-18-9/h9-10H,1-7H2. The molecule has 0 aliphatic carbocycles. The molecule has 1 atom stereocenters. The molecular weight excluding hydrogens is 256 g/mol. The van der Waals surface area contributed by atoms with E-state index in [0.717, 1.165) is 12.8 Å². The Bertz CT molecular complexity index is 265. The number of alkyl halides is 4. The van der Waals surface area contributed by atoms with Crippen molar-refractivity contribution < 1.29 is 31.8 Å². The minimum absolute atomic E-state index is 0.0384. The summed E-state index contributed by atoms with van der Waals surface area (Å²) in [7, 11) is 0. The minimum Gasteiger partial charge on any atom is -0.378 e. The predicted octanol–water partition coefficient (Wildman–Crippen LogP) is 2.43. The first kappa shape index (κ1) is 15.4. The first-order valence-corrected chi connectivity index (χ1v) is 5.79. The van der Waals surface area contributed by atoms with E-state index in [2.05, 4.69) is 4.74 Å². The van der Waals surface area contributed by atoms with Gasteiger partial charge in [0.1, 0.15) is 13.2 Å². The zero-order valence-corrected chi connectivity index (χ0v) is 9.84. The van der Waals surface area contributed by atoms with Crippen LogP contribution in [0.25, 0.3) is 0 Å². The molecule has 1 saturated heterocycles. The number of carbonyl (C=O) groups excluding carboxylic acids is 1. The van der Waals surface area contributed by atoms with E-state index in [9.17, 15) is 22.4 Å². The van der Waals surface area contributed by atoms with Crippen LogP contribution in [0.4, 0.5) is 17.6 Å². The highest BCUT2D eigenvalue weighted by Gasteiger charge is 2.41. The third-order valence-electron chi connectivity index (χ3n) is 2.65. The Hall–Kier alpha value is -0.690. The van der Waals surface area contributed by atoms with Crippen LogP contribution in [0.5, 0.6) is 0 Å². The molecule has 1 fully saturated rings. The van der Waals surface area contributed by atoms with Crippen molar-refractivity contribution in [3.05, 3.63) is 0 Å². The molecule has 0 bridgehead atoms. The molecule has 1 unspecified atom stereocenters. The van der Waals surface area contributed by atoms with E-state index in [0.29, 0.717) is 13.0 Å². The van der Waals surface area contributed by atoms with Gasteiger partial charge in [0, 0.05) is 13.0 Å². The number of halogens is 4. The molecule has 0 aromatic rings. The molecule has 0 aromatic carbocycles. The van der Waals surface area contributed by atoms with Gasteiger partial charge in [0.05, 0.1) is 6.10 Å². The highest BCUT2D eigenvalue weighted by atomic mass is 19.3. The summed E-state index contributed by atoms with van der Waals surface area (Å²) in [5.41, 5.74) is 0. The van der Waals surface area contributed by atoms with Crippen molar-refractivity contribution in [3.63, 3.8) is 0 Å². The molecule has 7 heteroatoms. The molecule has 106 valence electrons. The fourth-order valence-electron chi connectivity index (χ4n) is 1.63. The lowest BCUT2D eigenvalue weighted by Crippen LogP contribution is -2.33. The Kier molecular flexibility index (Phi) is 6.01. The molecule has 18 heavy (non-hydrogen) atoms. The Morgan fingerprint density at radius 3 is 2.72 bits per heavy atom. The van der Waals surface area contributed by atoms with Crippen LogP contribution in [0.3, 0.4) is 0 Å². The van der Waals surface area contributed by atoms with Crippen molar-refractivity contribution in [2.24, 2.45) is 0 Å². The van der Waals surface area contributed by atoms with E-state index in [1.165, 1.54) is 0 Å². The summed E-state index contributed by atoms with van der Waals surface area (Å²) in [6.45, 7) is -1.32. The molecule has 1 aliphatic rings. The van der Waals surface area contributed by atoms with Gasteiger partial charge in [-0.2, -0.15) is 8.78 Å². The lowest BCUT2D eigenvalue weighted by molar-refractivity contribution is -0.168. The van der Waals surface area contributed by atoms with Crippen LogP contribution in [0.2, 0.25) is 0 Å². The summed E-state index contributed by atoms with van der Waals surface area (Å²) in [5.74, 6) is -4.58. The summed E-state index contributed by atoms with van der Waals surface area (Å²) in [6, 6.07) is 0. The maximum Gasteiger partial charge on any atom is 0.330 e. The van der Waals surface area contributed by atoms with Crippen molar-refractivity contribution in [2.45, 2.75) is 44.1 Å². The highest BCUT2D eigenvalue weighted by molar-refractivity contribution is 5.79. The van der Waals surface area contributed by atoms with Crippen LogP contribution >= 0.6 is 0 Å². The minimum atomic E-state index is -4.20. The maximum absolute atomic E-state index is 12.4. The van der Waals surface area contributed by atoms with Gasteiger partial charge in [0.15, 0.2) is 5.78 Å². The predicted molar refractivity (Wildman–Crippen MR) is 55.0 cm³/mol. The number of hydrogen-bond donors (Lipinski definition) is 0. The number of ether oxygens (including phenoxy) is 2. The van der Waals surface area contributed by atoms with Gasteiger partial charge in [-0.1, -0.05) is 0 Å². The average molecular weight is 272 g/mol. The molecule has 1 aliphatic heterocycles. The van der Waals surface area contributed by atoms with Crippen LogP contribution in [-0.2, 0) is 14.3 Å². The lowest BCUT2D eigenvalue weighted by Gasteiger charge is -2.15. The third-order valence-corrected chi connectivity index (χ3v) is 2.65. The number of ketones is 1. The van der Waals surface area contributed by atoms with E-state index < -0.39 is 25.6 Å². The summed E-state index contributed by atoms with van der Waals surface area (Å²) >= 11 is 0. The second kappa shape index (κ2) is 7.04. The fraction of sp³-hybridized carbons (Fsp3) is 0.909. The molecule has 0 N–H and O–H groups in total. The molecule has 3 nitrogen and oxygen atoms in total. The highest BCUT2D eigenvalue weighted by Crippen LogP contribution is 2.23. The van der Waals surface area contributed by atoms with Gasteiger partial charge in [-0.25, -0.2) is 8.78 Å². The molecule has 0 aromatic heterocycles. The molecule has 0 radical (unpaired) electrons. The Balaban J connectivity index is 2.09. The third kappa shape index (κ3) is 5.30. The van der Waals surface area contributed by atoms with Crippen molar-refractivity contribution in [2.75, 3.05) is 19.8 Å². The maximum atomic E-state index is 12.4. The Morgan fingerprint density at radius 2 is 2.17 bits per heavy atom. The van der Waals surface area contributed by atoms with E-state index in [-0.39, 0.29) is 18.3 Å². The number of carbonyl (C=O) groups is 1. The molecule has 0 amide bonds. The zero-order valence-electron chi connectivity index (χ0n) is 9.84. The van der Waals surface area contributed by atoms with Gasteiger partial charge in [-0.05, 0) is 19.3 Å². The van der Waals surface area contributed by atoms with Crippen LogP contribution in [0, 0.1) is 0 Å². The largest absolute Gasteiger partial charge is 0.378 e. The monoisotopic (exact) mass is 272 g/mol. The number of rotatable bonds is 8. The van der Waals surface area contributed by atoms with Crippen molar-refractivity contribution in [1.29, 1.82) is 0 Å². The lowest BCUT2D eigenvalue weighted by atomic mass is 10.1. The smallest absolute Gasteiger partial charge is 0.330 e. The second-order valence-corrected chi connectivity index (χ2v) is 4.27. The normalized spacial score (nSPS) is 20.6. The van der Waals surface area contributed by atoms with Crippen molar-refractivity contribution >= 4 is 5.78 Å². The van der Waals surface area contributed by atoms with E-state index in [1.54, 1.807) is 0 Å². The van der Waals surface area contributed by atoms with Gasteiger partial charge in [-0.3, -0.25) is 4.79 Å². The quantitative estimate of drug-likeness (QED) is 0.637. The van der Waals surface area contributed by atoms with E-state index >= 15 is 0 Å². The van der Waals surface area contributed by atoms with Crippen molar-refractivity contribution in [1.82, 2.24) is 0 Å². The fourth-order valence-corrected chi connectivity index (χ4v) is 1.63. The van der Waals surface area contributed by atoms with Gasteiger partial charge in [0.2, 0.25) is 0 Å². The van der Waals surface area contributed by atoms with Gasteiger partial charge in [0.25, 0.3) is 0 Å². The first-order valence-electron chi connectivity index (χ1n) is 5.79. The number of Topliss-reactive ketones (excluding diaryl/α,β-unsaturated/α-hetero) is 1. The SMILES string of the molecule is O=C(CCC1CCCO1)COCC(F)(F)C(F)F. The molecule has 0 spiro atoms. The van der Waals surface area contributed by atoms with Crippen LogP contribution in [-0.4, -0.2) is 44.1 Å². The van der Waals surface area contributed by atoms with Gasteiger partial charge < -0.3 is 9.47 Å². The first-order chi connectivity index (χ1) is 8.42. The van der Waals surface area contributed by atoms with Gasteiger partial charge >= 0.3 is 12.3 Å². The van der Waals surface area contributed by atoms with Crippen LogP contribution in [0.1, 0.15) is 25.7 Å². The molecule has 1 heterocycles. The summed E-state index contributed by atoms with van der Waals surface area (Å²) in [5, 5.41) is 0. The van der Waals surface area contributed by atoms with Crippen molar-refractivity contribution in [3.8, 4) is 0 Å². The molecule has 0 saturated carbocycles. The Morgan fingerprint density at radius 1 is 1.44 bits per heavy atom.